The van der Waals surface area contributed by atoms with Crippen LogP contribution in [0.2, 0.25) is 0 Å². The highest BCUT2D eigenvalue weighted by Crippen LogP contribution is 2.40. The zero-order valence-corrected chi connectivity index (χ0v) is 16.1. The van der Waals surface area contributed by atoms with Crippen LogP contribution in [0, 0.1) is 6.92 Å². The molecule has 26 heavy (non-hydrogen) atoms. The predicted octanol–water partition coefficient (Wildman–Crippen LogP) is 4.50. The molecule has 1 atom stereocenters. The number of rotatable bonds is 5. The van der Waals surface area contributed by atoms with E-state index in [9.17, 15) is 4.79 Å². The molecule has 0 spiro atoms. The van der Waals surface area contributed by atoms with Gasteiger partial charge in [0.15, 0.2) is 5.78 Å². The molecule has 2 aromatic rings. The molecule has 1 N–H and O–H groups in total. The molecule has 136 valence electrons. The number of anilines is 1. The summed E-state index contributed by atoms with van der Waals surface area (Å²) in [7, 11) is 0. The number of hydrogen-bond donors (Lipinski definition) is 1. The van der Waals surface area contributed by atoms with Crippen molar-refractivity contribution >= 4 is 23.5 Å². The van der Waals surface area contributed by atoms with Gasteiger partial charge in [-0.05, 0) is 31.7 Å². The zero-order chi connectivity index (χ0) is 18.1. The fraction of sp³-hybridized carbons (Fsp3) is 0.450. The van der Waals surface area contributed by atoms with E-state index in [1.54, 1.807) is 11.8 Å². The molecule has 1 aliphatic heterocycles. The van der Waals surface area contributed by atoms with Crippen LogP contribution in [0.5, 0.6) is 0 Å². The highest BCUT2D eigenvalue weighted by molar-refractivity contribution is 7.99. The van der Waals surface area contributed by atoms with E-state index in [0.29, 0.717) is 6.42 Å². The lowest BCUT2D eigenvalue weighted by Crippen LogP contribution is -2.31. The van der Waals surface area contributed by atoms with E-state index in [0.717, 1.165) is 59.4 Å². The van der Waals surface area contributed by atoms with E-state index < -0.39 is 0 Å². The second-order valence-electron chi connectivity index (χ2n) is 6.97. The predicted molar refractivity (Wildman–Crippen MR) is 104 cm³/mol. The van der Waals surface area contributed by atoms with Crippen molar-refractivity contribution in [1.82, 2.24) is 14.8 Å². The highest BCUT2D eigenvalue weighted by Gasteiger charge is 2.36. The number of thioether (sulfide) groups is 1. The summed E-state index contributed by atoms with van der Waals surface area (Å²) in [5.74, 6) is 2.00. The van der Waals surface area contributed by atoms with E-state index in [1.807, 2.05) is 4.68 Å². The largest absolute Gasteiger partial charge is 0.328 e. The average Bonchev–Trinajstić information content (AvgIpc) is 3.04. The van der Waals surface area contributed by atoms with Crippen molar-refractivity contribution in [3.63, 3.8) is 0 Å². The Bertz CT molecular complexity index is 853. The van der Waals surface area contributed by atoms with E-state index in [4.69, 9.17) is 10.1 Å². The van der Waals surface area contributed by atoms with Gasteiger partial charge in [-0.1, -0.05) is 54.9 Å². The van der Waals surface area contributed by atoms with Crippen molar-refractivity contribution in [2.45, 2.75) is 57.1 Å². The molecule has 0 bridgehead atoms. The molecular formula is C20H24N4OS. The minimum Gasteiger partial charge on any atom is -0.328 e. The number of fused-ring (bicyclic) bond motifs is 1. The topological polar surface area (TPSA) is 59.8 Å². The second-order valence-corrected chi connectivity index (χ2v) is 8.03. The second kappa shape index (κ2) is 7.27. The number of aromatic nitrogens is 3. The number of Topliss-reactive ketones (excluding diaryl/α,β-unsaturated/α-hetero) is 1. The Morgan fingerprint density at radius 2 is 2.08 bits per heavy atom. The van der Waals surface area contributed by atoms with Crippen LogP contribution in [0.1, 0.15) is 56.2 Å². The van der Waals surface area contributed by atoms with E-state index in [2.05, 4.69) is 43.4 Å². The van der Waals surface area contributed by atoms with Gasteiger partial charge in [-0.25, -0.2) is 4.68 Å². The van der Waals surface area contributed by atoms with Crippen molar-refractivity contribution in [2.75, 3.05) is 11.1 Å². The monoisotopic (exact) mass is 368 g/mol. The van der Waals surface area contributed by atoms with Crippen molar-refractivity contribution in [3.05, 3.63) is 46.7 Å². The number of unbranched alkanes of at least 4 members (excludes halogenated alkanes) is 1. The molecule has 1 aliphatic carbocycles. The van der Waals surface area contributed by atoms with Crippen molar-refractivity contribution in [2.24, 2.45) is 0 Å². The summed E-state index contributed by atoms with van der Waals surface area (Å²) in [6, 6.07) is 8.22. The molecule has 4 rings (SSSR count). The molecule has 6 heteroatoms. The number of allylic oxidation sites excluding steroid dienone is 2. The fourth-order valence-corrected chi connectivity index (χ4v) is 4.47. The lowest BCUT2D eigenvalue weighted by Gasteiger charge is -2.32. The number of benzene rings is 1. The van der Waals surface area contributed by atoms with Crippen molar-refractivity contribution in [1.29, 1.82) is 0 Å². The van der Waals surface area contributed by atoms with Gasteiger partial charge in [0.2, 0.25) is 11.1 Å². The maximum Gasteiger partial charge on any atom is 0.227 e. The van der Waals surface area contributed by atoms with Gasteiger partial charge in [0.1, 0.15) is 6.04 Å². The van der Waals surface area contributed by atoms with Gasteiger partial charge >= 0.3 is 0 Å². The number of nitrogens with one attached hydrogen (secondary N) is 1. The van der Waals surface area contributed by atoms with Crippen molar-refractivity contribution < 1.29 is 4.79 Å². The first-order valence-corrected chi connectivity index (χ1v) is 10.3. The first-order chi connectivity index (χ1) is 12.7. The van der Waals surface area contributed by atoms with Gasteiger partial charge in [0.05, 0.1) is 0 Å². The number of carbonyl (C=O) groups is 1. The smallest absolute Gasteiger partial charge is 0.227 e. The number of nitrogens with zero attached hydrogens (tertiary/aromatic N) is 3. The molecule has 2 heterocycles. The van der Waals surface area contributed by atoms with Crippen LogP contribution in [0.4, 0.5) is 5.95 Å². The molecule has 1 aromatic carbocycles. The lowest BCUT2D eigenvalue weighted by molar-refractivity contribution is -0.116. The van der Waals surface area contributed by atoms with Gasteiger partial charge in [0.25, 0.3) is 0 Å². The number of carbonyl (C=O) groups excluding carboxylic acids is 1. The van der Waals surface area contributed by atoms with Crippen molar-refractivity contribution in [3.8, 4) is 0 Å². The Hall–Kier alpha value is -2.08. The van der Waals surface area contributed by atoms with E-state index in [-0.39, 0.29) is 11.8 Å². The zero-order valence-electron chi connectivity index (χ0n) is 15.3. The van der Waals surface area contributed by atoms with Gasteiger partial charge in [-0.2, -0.15) is 4.98 Å². The lowest BCUT2D eigenvalue weighted by atomic mass is 9.85. The minimum absolute atomic E-state index is 0.178. The van der Waals surface area contributed by atoms with Gasteiger partial charge in [-0.3, -0.25) is 4.79 Å². The number of aryl methyl sites for hydroxylation is 1. The summed E-state index contributed by atoms with van der Waals surface area (Å²) < 4.78 is 1.90. The summed E-state index contributed by atoms with van der Waals surface area (Å²) in [6.07, 6.45) is 4.73. The van der Waals surface area contributed by atoms with E-state index >= 15 is 0 Å². The summed E-state index contributed by atoms with van der Waals surface area (Å²) in [4.78, 5) is 17.4. The summed E-state index contributed by atoms with van der Waals surface area (Å²) in [6.45, 7) is 4.26. The quantitative estimate of drug-likeness (QED) is 0.622. The molecule has 5 nitrogen and oxygen atoms in total. The Kier molecular flexibility index (Phi) is 4.85. The maximum absolute atomic E-state index is 12.7. The molecule has 0 radical (unpaired) electrons. The van der Waals surface area contributed by atoms with Crippen LogP contribution >= 0.6 is 11.8 Å². The Morgan fingerprint density at radius 1 is 1.27 bits per heavy atom. The number of hydrogen-bond acceptors (Lipinski definition) is 5. The first kappa shape index (κ1) is 17.3. The molecule has 0 fully saturated rings. The summed E-state index contributed by atoms with van der Waals surface area (Å²) in [5, 5.41) is 8.92. The molecule has 0 saturated heterocycles. The van der Waals surface area contributed by atoms with Gasteiger partial charge < -0.3 is 5.32 Å². The third kappa shape index (κ3) is 3.18. The molecule has 0 amide bonds. The third-order valence-corrected chi connectivity index (χ3v) is 5.89. The first-order valence-electron chi connectivity index (χ1n) is 9.36. The SMILES string of the molecule is CCCCSc1nc2n(n1)[C@H](c1ccc(C)cc1)C1=C(CCCC1=O)N2. The van der Waals surface area contributed by atoms with Gasteiger partial charge in [-0.15, -0.1) is 5.10 Å². The summed E-state index contributed by atoms with van der Waals surface area (Å²) >= 11 is 1.69. The summed E-state index contributed by atoms with van der Waals surface area (Å²) in [5.41, 5.74) is 4.19. The number of ketones is 1. The van der Waals surface area contributed by atoms with Crippen LogP contribution in [-0.2, 0) is 4.79 Å². The molecule has 0 unspecified atom stereocenters. The Balaban J connectivity index is 1.76. The van der Waals surface area contributed by atoms with Crippen LogP contribution in [0.25, 0.3) is 0 Å². The molecule has 2 aliphatic rings. The third-order valence-electron chi connectivity index (χ3n) is 4.97. The standard InChI is InChI=1S/C20H24N4OS/c1-3-4-12-26-20-22-19-21-15-6-5-7-16(25)17(15)18(24(19)23-20)14-10-8-13(2)9-11-14/h8-11,18H,3-7,12H2,1-2H3,(H,21,22,23)/t18-/m1/s1. The Morgan fingerprint density at radius 3 is 2.85 bits per heavy atom. The molecule has 0 saturated carbocycles. The average molecular weight is 369 g/mol. The maximum atomic E-state index is 12.7. The van der Waals surface area contributed by atoms with Crippen LogP contribution in [-0.4, -0.2) is 26.3 Å². The van der Waals surface area contributed by atoms with Gasteiger partial charge in [0, 0.05) is 23.4 Å². The molecular weight excluding hydrogens is 344 g/mol. The van der Waals surface area contributed by atoms with E-state index in [1.165, 1.54) is 5.56 Å². The van der Waals surface area contributed by atoms with Crippen LogP contribution in [0.15, 0.2) is 40.7 Å². The highest BCUT2D eigenvalue weighted by atomic mass is 32.2. The normalized spacial score (nSPS) is 19.2. The van der Waals surface area contributed by atoms with Crippen LogP contribution < -0.4 is 5.32 Å². The fourth-order valence-electron chi connectivity index (χ4n) is 3.56. The Labute approximate surface area is 158 Å². The van der Waals surface area contributed by atoms with Crippen LogP contribution in [0.3, 0.4) is 0 Å². The minimum atomic E-state index is -0.178. The molecule has 1 aromatic heterocycles.